The van der Waals surface area contributed by atoms with Crippen molar-refractivity contribution in [3.05, 3.63) is 0 Å². The number of rotatable bonds is 3. The molecule has 6 nitrogen and oxygen atoms in total. The molecule has 1 saturated heterocycles. The van der Waals surface area contributed by atoms with Gasteiger partial charge in [0.15, 0.2) is 5.96 Å². The third-order valence-electron chi connectivity index (χ3n) is 6.04. The molecular weight excluding hydrogens is 316 g/mol. The molecule has 1 heterocycles. The summed E-state index contributed by atoms with van der Waals surface area (Å²) in [7, 11) is 3.73. The molecule has 0 aromatic heterocycles. The van der Waals surface area contributed by atoms with Crippen molar-refractivity contribution < 1.29 is 9.53 Å². The number of carbonyl (C=O) groups is 1. The number of nitrogens with one attached hydrogen (secondary N) is 2. The van der Waals surface area contributed by atoms with E-state index in [0.29, 0.717) is 24.6 Å². The van der Waals surface area contributed by atoms with Gasteiger partial charge in [-0.1, -0.05) is 12.8 Å². The fourth-order valence-electron chi connectivity index (χ4n) is 5.14. The van der Waals surface area contributed by atoms with E-state index in [9.17, 15) is 4.79 Å². The quantitative estimate of drug-likeness (QED) is 0.601. The number of amides is 1. The Bertz CT molecular complexity index is 534. The van der Waals surface area contributed by atoms with Crippen LogP contribution in [0.15, 0.2) is 4.99 Å². The topological polar surface area (TPSA) is 66.0 Å². The molecule has 3 rings (SSSR count). The molecule has 0 aromatic carbocycles. The number of likely N-dealkylation sites (N-methyl/N-ethyl adjacent to an activating group) is 1. The largest absolute Gasteiger partial charge is 0.377 e. The molecule has 0 aromatic rings. The first kappa shape index (κ1) is 18.5. The number of hydrogen-bond donors (Lipinski definition) is 2. The van der Waals surface area contributed by atoms with Crippen molar-refractivity contribution in [1.29, 1.82) is 0 Å². The van der Waals surface area contributed by atoms with Crippen molar-refractivity contribution in [1.82, 2.24) is 15.5 Å². The van der Waals surface area contributed by atoms with E-state index in [1.807, 2.05) is 32.7 Å². The van der Waals surface area contributed by atoms with E-state index in [1.165, 1.54) is 25.7 Å². The van der Waals surface area contributed by atoms with Gasteiger partial charge >= 0.3 is 0 Å². The van der Waals surface area contributed by atoms with Gasteiger partial charge in [0.1, 0.15) is 0 Å². The lowest BCUT2D eigenvalue weighted by atomic mass is 9.54. The Balaban J connectivity index is 1.63. The van der Waals surface area contributed by atoms with Gasteiger partial charge in [0.05, 0.1) is 12.6 Å². The van der Waals surface area contributed by atoms with Gasteiger partial charge in [0.25, 0.3) is 0 Å². The Kier molecular flexibility index (Phi) is 5.02. The van der Waals surface area contributed by atoms with Gasteiger partial charge in [-0.2, -0.15) is 0 Å². The van der Waals surface area contributed by atoms with E-state index >= 15 is 0 Å². The lowest BCUT2D eigenvalue weighted by Gasteiger charge is -2.57. The molecule has 25 heavy (non-hydrogen) atoms. The van der Waals surface area contributed by atoms with Crippen LogP contribution in [-0.4, -0.2) is 61.7 Å². The molecule has 1 amide bonds. The lowest BCUT2D eigenvalue weighted by Crippen LogP contribution is -2.69. The highest BCUT2D eigenvalue weighted by Crippen LogP contribution is 2.60. The zero-order chi connectivity index (χ0) is 18.2. The lowest BCUT2D eigenvalue weighted by molar-refractivity contribution is -0.126. The minimum atomic E-state index is -0.217. The van der Waals surface area contributed by atoms with Gasteiger partial charge in [0.2, 0.25) is 5.91 Å². The van der Waals surface area contributed by atoms with Gasteiger partial charge in [-0.15, -0.1) is 0 Å². The van der Waals surface area contributed by atoms with Crippen LogP contribution in [0.5, 0.6) is 0 Å². The summed E-state index contributed by atoms with van der Waals surface area (Å²) in [5.41, 5.74) is 0.0662. The first-order valence-electron chi connectivity index (χ1n) is 9.64. The summed E-state index contributed by atoms with van der Waals surface area (Å²) in [6.45, 7) is 7.18. The normalized spacial score (nSPS) is 30.8. The molecule has 2 aliphatic carbocycles. The van der Waals surface area contributed by atoms with Crippen LogP contribution in [-0.2, 0) is 9.53 Å². The molecular formula is C19H34N4O2. The van der Waals surface area contributed by atoms with Gasteiger partial charge in [0, 0.05) is 43.6 Å². The van der Waals surface area contributed by atoms with Crippen LogP contribution in [0.4, 0.5) is 0 Å². The first-order chi connectivity index (χ1) is 11.8. The van der Waals surface area contributed by atoms with Crippen LogP contribution < -0.4 is 10.6 Å². The maximum Gasteiger partial charge on any atom is 0.240 e. The molecule has 3 unspecified atom stereocenters. The standard InChI is InChI=1S/C19H34N4O2/c1-18(2,3)22-14(24)12-23(5)17(20-4)21-15-13-8-11-25-16(13)19(15)9-6-7-10-19/h13,15-16H,6-12H2,1-5H3,(H,20,21)(H,22,24). The van der Waals surface area contributed by atoms with Gasteiger partial charge < -0.3 is 20.3 Å². The van der Waals surface area contributed by atoms with Crippen LogP contribution in [0.25, 0.3) is 0 Å². The smallest absolute Gasteiger partial charge is 0.240 e. The Hall–Kier alpha value is -1.30. The highest BCUT2D eigenvalue weighted by Gasteiger charge is 2.65. The van der Waals surface area contributed by atoms with Crippen molar-refractivity contribution in [2.45, 2.75) is 70.6 Å². The van der Waals surface area contributed by atoms with E-state index in [2.05, 4.69) is 15.6 Å². The molecule has 2 saturated carbocycles. The second-order valence-corrected chi connectivity index (χ2v) is 9.01. The second kappa shape index (κ2) is 6.78. The Morgan fingerprint density at radius 2 is 2.00 bits per heavy atom. The molecule has 3 aliphatic rings. The van der Waals surface area contributed by atoms with Crippen LogP contribution in [0.1, 0.15) is 52.9 Å². The number of fused-ring (bicyclic) bond motifs is 2. The van der Waals surface area contributed by atoms with E-state index in [4.69, 9.17) is 4.74 Å². The Labute approximate surface area is 151 Å². The second-order valence-electron chi connectivity index (χ2n) is 9.01. The minimum absolute atomic E-state index is 0.0178. The number of nitrogens with zero attached hydrogens (tertiary/aromatic N) is 2. The van der Waals surface area contributed by atoms with E-state index < -0.39 is 0 Å². The highest BCUT2D eigenvalue weighted by molar-refractivity contribution is 5.86. The number of guanidine groups is 1. The third kappa shape index (κ3) is 3.50. The number of carbonyl (C=O) groups excluding carboxylic acids is 1. The molecule has 1 spiro atoms. The highest BCUT2D eigenvalue weighted by atomic mass is 16.5. The molecule has 2 N–H and O–H groups in total. The first-order valence-corrected chi connectivity index (χ1v) is 9.64. The predicted octanol–water partition coefficient (Wildman–Crippen LogP) is 1.76. The Morgan fingerprint density at radius 3 is 2.60 bits per heavy atom. The van der Waals surface area contributed by atoms with Crippen molar-refractivity contribution in [3.8, 4) is 0 Å². The molecule has 142 valence electrons. The van der Waals surface area contributed by atoms with Crippen molar-refractivity contribution in [3.63, 3.8) is 0 Å². The summed E-state index contributed by atoms with van der Waals surface area (Å²) in [6, 6.07) is 0.425. The van der Waals surface area contributed by atoms with Gasteiger partial charge in [-0.05, 0) is 40.0 Å². The predicted molar refractivity (Wildman–Crippen MR) is 99.6 cm³/mol. The van der Waals surface area contributed by atoms with Crippen molar-refractivity contribution in [2.75, 3.05) is 27.2 Å². The van der Waals surface area contributed by atoms with E-state index in [0.717, 1.165) is 19.0 Å². The van der Waals surface area contributed by atoms with Gasteiger partial charge in [-0.25, -0.2) is 0 Å². The fraction of sp³-hybridized carbons (Fsp3) is 0.895. The number of hydrogen-bond acceptors (Lipinski definition) is 3. The minimum Gasteiger partial charge on any atom is -0.377 e. The van der Waals surface area contributed by atoms with E-state index in [-0.39, 0.29) is 16.9 Å². The van der Waals surface area contributed by atoms with Crippen molar-refractivity contribution >= 4 is 11.9 Å². The summed E-state index contributed by atoms with van der Waals surface area (Å²) in [4.78, 5) is 18.6. The van der Waals surface area contributed by atoms with Crippen LogP contribution in [0, 0.1) is 11.3 Å². The Morgan fingerprint density at radius 1 is 1.32 bits per heavy atom. The molecule has 1 aliphatic heterocycles. The molecule has 0 bridgehead atoms. The molecule has 3 fully saturated rings. The zero-order valence-electron chi connectivity index (χ0n) is 16.4. The fourth-order valence-corrected chi connectivity index (χ4v) is 5.14. The molecule has 0 radical (unpaired) electrons. The van der Waals surface area contributed by atoms with Crippen molar-refractivity contribution in [2.24, 2.45) is 16.3 Å². The summed E-state index contributed by atoms with van der Waals surface area (Å²) in [5, 5.41) is 6.70. The summed E-state index contributed by atoms with van der Waals surface area (Å²) in [6.07, 6.45) is 6.66. The van der Waals surface area contributed by atoms with E-state index in [1.54, 1.807) is 7.05 Å². The summed E-state index contributed by atoms with van der Waals surface area (Å²) >= 11 is 0. The molecule has 3 atom stereocenters. The van der Waals surface area contributed by atoms with Crippen LogP contribution in [0.2, 0.25) is 0 Å². The maximum absolute atomic E-state index is 12.2. The number of aliphatic imine (C=N–C) groups is 1. The SMILES string of the molecule is CN=C(NC1C2CCOC2C12CCCC2)N(C)CC(=O)NC(C)(C)C. The zero-order valence-corrected chi connectivity index (χ0v) is 16.4. The third-order valence-corrected chi connectivity index (χ3v) is 6.04. The monoisotopic (exact) mass is 350 g/mol. The maximum atomic E-state index is 12.2. The molecule has 6 heteroatoms. The van der Waals surface area contributed by atoms with Gasteiger partial charge in [-0.3, -0.25) is 9.79 Å². The average molecular weight is 351 g/mol. The average Bonchev–Trinajstić information content (AvgIpc) is 3.13. The van der Waals surface area contributed by atoms with Crippen LogP contribution >= 0.6 is 0 Å². The summed E-state index contributed by atoms with van der Waals surface area (Å²) < 4.78 is 6.06. The summed E-state index contributed by atoms with van der Waals surface area (Å²) in [5.74, 6) is 1.42. The van der Waals surface area contributed by atoms with Crippen LogP contribution in [0.3, 0.4) is 0 Å². The number of ether oxygens (including phenoxy) is 1.